The lowest BCUT2D eigenvalue weighted by atomic mass is 10.00. The fraction of sp³-hybridized carbons (Fsp3) is 0.214. The number of carbonyl (C=O) groups is 2. The number of rotatable bonds is 10. The number of nitrogens with two attached hydrogens (primary N) is 2. The van der Waals surface area contributed by atoms with Gasteiger partial charge < -0.3 is 25.7 Å². The van der Waals surface area contributed by atoms with Crippen LogP contribution in [-0.4, -0.2) is 31.3 Å². The molecule has 0 radical (unpaired) electrons. The maximum absolute atomic E-state index is 12.6. The normalized spacial score (nSPS) is 11.6. The van der Waals surface area contributed by atoms with E-state index < -0.39 is 24.5 Å². The van der Waals surface area contributed by atoms with E-state index in [-0.39, 0.29) is 36.5 Å². The van der Waals surface area contributed by atoms with Crippen LogP contribution in [-0.2, 0) is 9.53 Å². The van der Waals surface area contributed by atoms with Crippen LogP contribution >= 0.6 is 0 Å². The van der Waals surface area contributed by atoms with E-state index in [0.717, 1.165) is 0 Å². The lowest BCUT2D eigenvalue weighted by Gasteiger charge is -2.11. The van der Waals surface area contributed by atoms with Crippen molar-refractivity contribution in [3.63, 3.8) is 0 Å². The fourth-order valence-electron chi connectivity index (χ4n) is 3.40. The summed E-state index contributed by atoms with van der Waals surface area (Å²) < 4.78 is 52.4. The maximum atomic E-state index is 12.6. The zero-order valence-electron chi connectivity index (χ0n) is 20.6. The molecule has 200 valence electrons. The van der Waals surface area contributed by atoms with Crippen LogP contribution in [0.2, 0.25) is 0 Å². The molecule has 3 aromatic rings. The molecule has 3 rings (SSSR count). The van der Waals surface area contributed by atoms with Gasteiger partial charge in [-0.1, -0.05) is 12.1 Å². The van der Waals surface area contributed by atoms with Gasteiger partial charge in [0.1, 0.15) is 11.5 Å². The predicted molar refractivity (Wildman–Crippen MR) is 138 cm³/mol. The summed E-state index contributed by atoms with van der Waals surface area (Å²) in [5, 5.41) is 0. The highest BCUT2D eigenvalue weighted by Gasteiger charge is 2.26. The zero-order chi connectivity index (χ0) is 27.7. The van der Waals surface area contributed by atoms with E-state index in [4.69, 9.17) is 25.7 Å². The molecule has 0 aliphatic rings. The largest absolute Gasteiger partial charge is 0.494 e. The molecule has 0 fully saturated rings. The molecule has 0 unspecified atom stereocenters. The Bertz CT molecular complexity index is 1290. The predicted octanol–water partition coefficient (Wildman–Crippen LogP) is 5.90. The summed E-state index contributed by atoms with van der Waals surface area (Å²) in [4.78, 5) is 25.1. The third-order valence-corrected chi connectivity index (χ3v) is 5.23. The maximum Gasteiger partial charge on any atom is 0.389 e. The second-order valence-electron chi connectivity index (χ2n) is 8.18. The molecule has 0 saturated carbocycles. The molecule has 38 heavy (non-hydrogen) atoms. The number of halogens is 3. The lowest BCUT2D eigenvalue weighted by molar-refractivity contribution is -0.137. The molecular weight excluding hydrogens is 501 g/mol. The zero-order valence-corrected chi connectivity index (χ0v) is 20.6. The Balaban J connectivity index is 1.66. The number of benzene rings is 3. The number of nitrogen functional groups attached to an aromatic ring is 2. The Morgan fingerprint density at radius 2 is 1.58 bits per heavy atom. The van der Waals surface area contributed by atoms with E-state index in [0.29, 0.717) is 28.3 Å². The second-order valence-corrected chi connectivity index (χ2v) is 8.18. The molecule has 0 amide bonds. The Morgan fingerprint density at radius 1 is 0.921 bits per heavy atom. The van der Waals surface area contributed by atoms with E-state index in [9.17, 15) is 22.8 Å². The molecule has 0 saturated heterocycles. The van der Waals surface area contributed by atoms with Crippen molar-refractivity contribution in [2.45, 2.75) is 25.9 Å². The first kappa shape index (κ1) is 28.1. The summed E-state index contributed by atoms with van der Waals surface area (Å²) in [6.45, 7) is 1.80. The highest BCUT2D eigenvalue weighted by atomic mass is 19.4. The molecule has 10 heteroatoms. The number of hydrogen-bond acceptors (Lipinski definition) is 7. The van der Waals surface area contributed by atoms with Gasteiger partial charge in [-0.05, 0) is 79.6 Å². The highest BCUT2D eigenvalue weighted by molar-refractivity contribution is 6.23. The molecule has 3 aromatic carbocycles. The standard InChI is InChI=1S/C28H27F3N2O5/c1-2-36-27(35)24(23-13-8-20(32)17-25(23)33)16-18-4-6-19(7-5-18)26(34)38-22-11-9-21(10-12-22)37-15-3-14-28(29,30)31/h4-13,16-17H,2-3,14-15,32-33H2,1H3. The van der Waals surface area contributed by atoms with Gasteiger partial charge in [0.25, 0.3) is 0 Å². The minimum Gasteiger partial charge on any atom is -0.494 e. The molecule has 0 heterocycles. The number of alkyl halides is 3. The van der Waals surface area contributed by atoms with Crippen LogP contribution in [0.4, 0.5) is 24.5 Å². The number of ether oxygens (including phenoxy) is 3. The van der Waals surface area contributed by atoms with E-state index >= 15 is 0 Å². The summed E-state index contributed by atoms with van der Waals surface area (Å²) in [5.41, 5.74) is 14.2. The van der Waals surface area contributed by atoms with Crippen molar-refractivity contribution in [2.75, 3.05) is 24.7 Å². The van der Waals surface area contributed by atoms with E-state index in [1.54, 1.807) is 55.5 Å². The quantitative estimate of drug-likeness (QED) is 0.0842. The van der Waals surface area contributed by atoms with Crippen molar-refractivity contribution >= 4 is 35.0 Å². The van der Waals surface area contributed by atoms with Crippen molar-refractivity contribution in [3.05, 3.63) is 83.4 Å². The Kier molecular flexibility index (Phi) is 9.37. The summed E-state index contributed by atoms with van der Waals surface area (Å²) in [6, 6.07) is 17.2. The third kappa shape index (κ3) is 8.29. The Morgan fingerprint density at radius 3 is 2.18 bits per heavy atom. The first-order valence-corrected chi connectivity index (χ1v) is 11.7. The van der Waals surface area contributed by atoms with Crippen LogP contribution < -0.4 is 20.9 Å². The van der Waals surface area contributed by atoms with Crippen LogP contribution in [0.1, 0.15) is 41.3 Å². The summed E-state index contributed by atoms with van der Waals surface area (Å²) in [5.74, 6) is -0.569. The number of carbonyl (C=O) groups excluding carboxylic acids is 2. The van der Waals surface area contributed by atoms with Crippen molar-refractivity contribution in [1.29, 1.82) is 0 Å². The third-order valence-electron chi connectivity index (χ3n) is 5.23. The Hall–Kier alpha value is -4.47. The van der Waals surface area contributed by atoms with Crippen LogP contribution in [0.5, 0.6) is 11.5 Å². The van der Waals surface area contributed by atoms with Gasteiger partial charge in [0.2, 0.25) is 0 Å². The van der Waals surface area contributed by atoms with Crippen LogP contribution in [0, 0.1) is 0 Å². The molecule has 0 bridgehead atoms. The van der Waals surface area contributed by atoms with Crippen LogP contribution in [0.25, 0.3) is 11.6 Å². The topological polar surface area (TPSA) is 114 Å². The van der Waals surface area contributed by atoms with Gasteiger partial charge in [0.05, 0.1) is 24.4 Å². The van der Waals surface area contributed by atoms with E-state index in [1.807, 2.05) is 0 Å². The van der Waals surface area contributed by atoms with E-state index in [1.165, 1.54) is 24.3 Å². The van der Waals surface area contributed by atoms with Gasteiger partial charge in [-0.15, -0.1) is 0 Å². The lowest BCUT2D eigenvalue weighted by Crippen LogP contribution is -2.10. The van der Waals surface area contributed by atoms with Crippen molar-refractivity contribution in [3.8, 4) is 11.5 Å². The highest BCUT2D eigenvalue weighted by Crippen LogP contribution is 2.27. The molecule has 0 spiro atoms. The van der Waals surface area contributed by atoms with Gasteiger partial charge >= 0.3 is 18.1 Å². The Labute approximate surface area is 217 Å². The van der Waals surface area contributed by atoms with Crippen LogP contribution in [0.3, 0.4) is 0 Å². The average Bonchev–Trinajstić information content (AvgIpc) is 2.86. The molecular formula is C28H27F3N2O5. The first-order chi connectivity index (χ1) is 18.1. The average molecular weight is 529 g/mol. The minimum absolute atomic E-state index is 0.0811. The second kappa shape index (κ2) is 12.7. The summed E-state index contributed by atoms with van der Waals surface area (Å²) >= 11 is 0. The molecule has 0 aromatic heterocycles. The molecule has 4 N–H and O–H groups in total. The number of hydrogen-bond donors (Lipinski definition) is 2. The molecule has 0 atom stereocenters. The summed E-state index contributed by atoms with van der Waals surface area (Å²) in [7, 11) is 0. The molecule has 0 aliphatic heterocycles. The van der Waals surface area contributed by atoms with Crippen LogP contribution in [0.15, 0.2) is 66.7 Å². The summed E-state index contributed by atoms with van der Waals surface area (Å²) in [6.07, 6.45) is -3.69. The van der Waals surface area contributed by atoms with Gasteiger partial charge in [-0.25, -0.2) is 9.59 Å². The van der Waals surface area contributed by atoms with Crippen molar-refractivity contribution in [1.82, 2.24) is 0 Å². The van der Waals surface area contributed by atoms with Gasteiger partial charge in [-0.3, -0.25) is 0 Å². The van der Waals surface area contributed by atoms with Gasteiger partial charge in [0.15, 0.2) is 0 Å². The smallest absolute Gasteiger partial charge is 0.389 e. The van der Waals surface area contributed by atoms with E-state index in [2.05, 4.69) is 0 Å². The van der Waals surface area contributed by atoms with Crippen molar-refractivity contribution < 1.29 is 37.0 Å². The first-order valence-electron chi connectivity index (χ1n) is 11.7. The monoisotopic (exact) mass is 528 g/mol. The molecule has 0 aliphatic carbocycles. The number of anilines is 2. The van der Waals surface area contributed by atoms with Gasteiger partial charge in [0, 0.05) is 23.4 Å². The fourth-order valence-corrected chi connectivity index (χ4v) is 3.40. The number of esters is 2. The van der Waals surface area contributed by atoms with Gasteiger partial charge in [-0.2, -0.15) is 13.2 Å². The minimum atomic E-state index is -4.22. The molecule has 7 nitrogen and oxygen atoms in total. The van der Waals surface area contributed by atoms with Crippen molar-refractivity contribution in [2.24, 2.45) is 0 Å². The SMILES string of the molecule is CCOC(=O)C(=Cc1ccc(C(=O)Oc2ccc(OCCCC(F)(F)F)cc2)cc1)c1ccc(N)cc1N.